The quantitative estimate of drug-likeness (QED) is 0.841. The van der Waals surface area contributed by atoms with Gasteiger partial charge in [-0.15, -0.1) is 0 Å². The number of aryl methyl sites for hydroxylation is 1. The molecule has 1 saturated heterocycles. The van der Waals surface area contributed by atoms with Crippen LogP contribution in [0.3, 0.4) is 0 Å². The fourth-order valence-electron chi connectivity index (χ4n) is 2.96. The second kappa shape index (κ2) is 6.34. The molecule has 2 aliphatic rings. The summed E-state index contributed by atoms with van der Waals surface area (Å²) in [6.45, 7) is 5.00. The highest BCUT2D eigenvalue weighted by molar-refractivity contribution is 5.37. The minimum atomic E-state index is -0.612. The van der Waals surface area contributed by atoms with Crippen molar-refractivity contribution in [3.8, 4) is 5.75 Å². The molecule has 3 N–H and O–H groups in total. The first-order valence-electron chi connectivity index (χ1n) is 8.06. The van der Waals surface area contributed by atoms with Gasteiger partial charge in [0.15, 0.2) is 0 Å². The van der Waals surface area contributed by atoms with Crippen molar-refractivity contribution in [1.29, 1.82) is 0 Å². The van der Waals surface area contributed by atoms with E-state index in [1.54, 1.807) is 0 Å². The topological polar surface area (TPSA) is 58.7 Å². The number of ether oxygens (including phenoxy) is 1. The minimum Gasteiger partial charge on any atom is -0.490 e. The molecule has 0 unspecified atom stereocenters. The van der Waals surface area contributed by atoms with Gasteiger partial charge in [0, 0.05) is 12.6 Å². The van der Waals surface area contributed by atoms with Gasteiger partial charge >= 0.3 is 0 Å². The zero-order valence-corrected chi connectivity index (χ0v) is 12.8. The normalized spacial score (nSPS) is 22.2. The van der Waals surface area contributed by atoms with Gasteiger partial charge in [0.2, 0.25) is 0 Å². The summed E-state index contributed by atoms with van der Waals surface area (Å²) < 4.78 is 5.84. The summed E-state index contributed by atoms with van der Waals surface area (Å²) in [5.41, 5.74) is 8.15. The Bertz CT molecular complexity index is 482. The van der Waals surface area contributed by atoms with Crippen LogP contribution in [-0.4, -0.2) is 41.8 Å². The average molecular weight is 290 g/mol. The summed E-state index contributed by atoms with van der Waals surface area (Å²) >= 11 is 0. The maximum absolute atomic E-state index is 10.5. The average Bonchev–Trinajstić information content (AvgIpc) is 3.14. The van der Waals surface area contributed by atoms with Gasteiger partial charge < -0.3 is 20.5 Å². The van der Waals surface area contributed by atoms with E-state index in [-0.39, 0.29) is 6.04 Å². The van der Waals surface area contributed by atoms with Gasteiger partial charge in [-0.25, -0.2) is 0 Å². The molecule has 1 aromatic carbocycles. The lowest BCUT2D eigenvalue weighted by atomic mass is 10.00. The molecule has 0 bridgehead atoms. The maximum Gasteiger partial charge on any atom is 0.122 e. The van der Waals surface area contributed by atoms with Crippen molar-refractivity contribution in [2.75, 3.05) is 19.6 Å². The molecule has 116 valence electrons. The number of rotatable bonds is 6. The van der Waals surface area contributed by atoms with Crippen LogP contribution >= 0.6 is 0 Å². The van der Waals surface area contributed by atoms with Crippen molar-refractivity contribution in [2.24, 2.45) is 5.73 Å². The third-order valence-electron chi connectivity index (χ3n) is 4.43. The van der Waals surface area contributed by atoms with Crippen molar-refractivity contribution in [3.05, 3.63) is 29.3 Å². The van der Waals surface area contributed by atoms with Crippen LogP contribution in [0.25, 0.3) is 0 Å². The fourth-order valence-corrected chi connectivity index (χ4v) is 2.96. The highest BCUT2D eigenvalue weighted by Crippen LogP contribution is 2.30. The zero-order chi connectivity index (χ0) is 14.8. The SMILES string of the molecule is Cc1cc([C@@H](O)[C@H](N)CN2CCCC2)ccc1OC1CC1. The number of likely N-dealkylation sites (tertiary alicyclic amines) is 1. The van der Waals surface area contributed by atoms with E-state index in [0.717, 1.165) is 49.4 Å². The first-order chi connectivity index (χ1) is 10.1. The fraction of sp³-hybridized carbons (Fsp3) is 0.647. The lowest BCUT2D eigenvalue weighted by molar-refractivity contribution is 0.125. The Kier molecular flexibility index (Phi) is 4.48. The van der Waals surface area contributed by atoms with E-state index in [0.29, 0.717) is 6.10 Å². The Morgan fingerprint density at radius 2 is 2.05 bits per heavy atom. The Morgan fingerprint density at radius 1 is 1.33 bits per heavy atom. The third-order valence-corrected chi connectivity index (χ3v) is 4.43. The highest BCUT2D eigenvalue weighted by atomic mass is 16.5. The molecule has 2 atom stereocenters. The van der Waals surface area contributed by atoms with E-state index in [2.05, 4.69) is 4.90 Å². The summed E-state index contributed by atoms with van der Waals surface area (Å²) in [6, 6.07) is 5.68. The predicted octanol–water partition coefficient (Wildman–Crippen LogP) is 1.99. The van der Waals surface area contributed by atoms with Gasteiger partial charge in [-0.2, -0.15) is 0 Å². The molecule has 3 rings (SSSR count). The summed E-state index contributed by atoms with van der Waals surface area (Å²) in [6.07, 6.45) is 4.59. The van der Waals surface area contributed by atoms with Gasteiger partial charge in [0.05, 0.1) is 12.2 Å². The molecule has 2 fully saturated rings. The van der Waals surface area contributed by atoms with Crippen LogP contribution in [0.5, 0.6) is 5.75 Å². The number of nitrogens with zero attached hydrogens (tertiary/aromatic N) is 1. The molecule has 1 aliphatic carbocycles. The van der Waals surface area contributed by atoms with Crippen molar-refractivity contribution in [3.63, 3.8) is 0 Å². The molecule has 0 spiro atoms. The lowest BCUT2D eigenvalue weighted by Crippen LogP contribution is -2.40. The molecule has 0 aromatic heterocycles. The highest BCUT2D eigenvalue weighted by Gasteiger charge is 2.25. The summed E-state index contributed by atoms with van der Waals surface area (Å²) in [5, 5.41) is 10.5. The second-order valence-corrected chi connectivity index (χ2v) is 6.46. The maximum atomic E-state index is 10.5. The molecule has 1 aromatic rings. The number of hydrogen-bond donors (Lipinski definition) is 2. The smallest absolute Gasteiger partial charge is 0.122 e. The van der Waals surface area contributed by atoms with Crippen LogP contribution < -0.4 is 10.5 Å². The molecule has 21 heavy (non-hydrogen) atoms. The van der Waals surface area contributed by atoms with E-state index in [4.69, 9.17) is 10.5 Å². The lowest BCUT2D eigenvalue weighted by Gasteiger charge is -2.25. The van der Waals surface area contributed by atoms with E-state index >= 15 is 0 Å². The number of nitrogens with two attached hydrogens (primary N) is 1. The Balaban J connectivity index is 1.62. The first kappa shape index (κ1) is 14.8. The van der Waals surface area contributed by atoms with Gasteiger partial charge in [-0.3, -0.25) is 0 Å². The van der Waals surface area contributed by atoms with Gasteiger partial charge in [0.1, 0.15) is 5.75 Å². The predicted molar refractivity (Wildman–Crippen MR) is 83.4 cm³/mol. The number of aliphatic hydroxyl groups excluding tert-OH is 1. The van der Waals surface area contributed by atoms with Crippen LogP contribution in [0.15, 0.2) is 18.2 Å². The summed E-state index contributed by atoms with van der Waals surface area (Å²) in [7, 11) is 0. The molecule has 1 saturated carbocycles. The van der Waals surface area contributed by atoms with Crippen LogP contribution in [0.1, 0.15) is 42.9 Å². The third kappa shape index (κ3) is 3.76. The Labute approximate surface area is 126 Å². The molecule has 1 heterocycles. The van der Waals surface area contributed by atoms with Crippen molar-refractivity contribution in [1.82, 2.24) is 4.90 Å². The standard InChI is InChI=1S/C17H26N2O2/c1-12-10-13(4-7-16(12)21-14-5-6-14)17(20)15(18)11-19-8-2-3-9-19/h4,7,10,14-15,17,20H,2-3,5-6,8-9,11,18H2,1H3/t15-,17-/m1/s1. The summed E-state index contributed by atoms with van der Waals surface area (Å²) in [4.78, 5) is 2.34. The Morgan fingerprint density at radius 3 is 2.67 bits per heavy atom. The van der Waals surface area contributed by atoms with Crippen molar-refractivity contribution < 1.29 is 9.84 Å². The van der Waals surface area contributed by atoms with Gasteiger partial charge in [-0.05, 0) is 69.0 Å². The van der Waals surface area contributed by atoms with Crippen molar-refractivity contribution >= 4 is 0 Å². The van der Waals surface area contributed by atoms with E-state index < -0.39 is 6.10 Å². The Hall–Kier alpha value is -1.10. The molecule has 0 amide bonds. The van der Waals surface area contributed by atoms with Gasteiger partial charge in [-0.1, -0.05) is 6.07 Å². The van der Waals surface area contributed by atoms with Gasteiger partial charge in [0.25, 0.3) is 0 Å². The van der Waals surface area contributed by atoms with Crippen LogP contribution in [0.4, 0.5) is 0 Å². The second-order valence-electron chi connectivity index (χ2n) is 6.46. The number of hydrogen-bond acceptors (Lipinski definition) is 4. The van der Waals surface area contributed by atoms with E-state index in [1.807, 2.05) is 25.1 Å². The zero-order valence-electron chi connectivity index (χ0n) is 12.8. The number of aliphatic hydroxyl groups is 1. The minimum absolute atomic E-state index is 0.238. The molecule has 0 radical (unpaired) electrons. The molecule has 4 heteroatoms. The van der Waals surface area contributed by atoms with Crippen LogP contribution in [0, 0.1) is 6.92 Å². The molecular formula is C17H26N2O2. The molecule has 4 nitrogen and oxygen atoms in total. The monoisotopic (exact) mass is 290 g/mol. The van der Waals surface area contributed by atoms with Crippen molar-refractivity contribution in [2.45, 2.75) is 50.9 Å². The summed E-state index contributed by atoms with van der Waals surface area (Å²) in [5.74, 6) is 0.932. The van der Waals surface area contributed by atoms with Crippen LogP contribution in [0.2, 0.25) is 0 Å². The molecular weight excluding hydrogens is 264 g/mol. The van der Waals surface area contributed by atoms with E-state index in [1.165, 1.54) is 12.8 Å². The van der Waals surface area contributed by atoms with Crippen LogP contribution in [-0.2, 0) is 0 Å². The van der Waals surface area contributed by atoms with E-state index in [9.17, 15) is 5.11 Å². The largest absolute Gasteiger partial charge is 0.490 e. The first-order valence-corrected chi connectivity index (χ1v) is 8.06. The number of benzene rings is 1. The molecule has 1 aliphatic heterocycles.